The van der Waals surface area contributed by atoms with Gasteiger partial charge in [-0.2, -0.15) is 5.10 Å². The average Bonchev–Trinajstić information content (AvgIpc) is 2.80. The molecule has 0 spiro atoms. The number of benzene rings is 1. The Bertz CT molecular complexity index is 719. The molecule has 1 aromatic heterocycles. The highest BCUT2D eigenvalue weighted by Crippen LogP contribution is 2.28. The number of amides is 1. The molecule has 1 amide bonds. The van der Waals surface area contributed by atoms with E-state index in [9.17, 15) is 4.79 Å². The second kappa shape index (κ2) is 5.57. The Labute approximate surface area is 130 Å². The minimum Gasteiger partial charge on any atom is -0.325 e. The van der Waals surface area contributed by atoms with E-state index in [1.165, 1.54) is 5.56 Å². The van der Waals surface area contributed by atoms with Gasteiger partial charge in [-0.1, -0.05) is 17.7 Å². The second-order valence-electron chi connectivity index (χ2n) is 6.27. The molecule has 0 fully saturated rings. The van der Waals surface area contributed by atoms with Crippen LogP contribution in [0.2, 0.25) is 0 Å². The fraction of sp³-hybridized carbons (Fsp3) is 0.412. The second-order valence-corrected chi connectivity index (χ2v) is 6.27. The third kappa shape index (κ3) is 2.76. The van der Waals surface area contributed by atoms with Crippen LogP contribution in [0.5, 0.6) is 0 Å². The zero-order valence-corrected chi connectivity index (χ0v) is 13.6. The molecule has 2 aromatic rings. The quantitative estimate of drug-likeness (QED) is 0.925. The van der Waals surface area contributed by atoms with Gasteiger partial charge in [-0.05, 0) is 32.5 Å². The van der Waals surface area contributed by atoms with Crippen LogP contribution in [-0.4, -0.2) is 34.2 Å². The molecule has 22 heavy (non-hydrogen) atoms. The number of hydrogen-bond donors (Lipinski definition) is 1. The minimum absolute atomic E-state index is 0.0125. The summed E-state index contributed by atoms with van der Waals surface area (Å²) < 4.78 is 1.79. The molecule has 1 aliphatic rings. The number of hydrogen-bond acceptors (Lipinski definition) is 3. The number of aryl methyl sites for hydroxylation is 3. The monoisotopic (exact) mass is 298 g/mol. The highest BCUT2D eigenvalue weighted by atomic mass is 16.2. The van der Waals surface area contributed by atoms with Gasteiger partial charge in [0.1, 0.15) is 0 Å². The maximum Gasteiger partial charge on any atom is 0.234 e. The van der Waals surface area contributed by atoms with Gasteiger partial charge in [-0.3, -0.25) is 9.48 Å². The number of nitrogens with zero attached hydrogens (tertiary/aromatic N) is 3. The summed E-state index contributed by atoms with van der Waals surface area (Å²) in [6.07, 6.45) is 2.00. The van der Waals surface area contributed by atoms with E-state index in [1.807, 2.05) is 39.3 Å². The van der Waals surface area contributed by atoms with Crippen LogP contribution in [0.4, 0.5) is 5.69 Å². The Kier molecular flexibility index (Phi) is 3.74. The fourth-order valence-electron chi connectivity index (χ4n) is 3.10. The Balaban J connectivity index is 1.86. The molecular weight excluding hydrogens is 276 g/mol. The largest absolute Gasteiger partial charge is 0.325 e. The van der Waals surface area contributed by atoms with Crippen molar-refractivity contribution >= 4 is 11.6 Å². The molecule has 0 aliphatic carbocycles. The van der Waals surface area contributed by atoms with Crippen molar-refractivity contribution in [3.8, 4) is 0 Å². The topological polar surface area (TPSA) is 50.2 Å². The first-order chi connectivity index (χ1) is 10.4. The molecule has 2 heterocycles. The van der Waals surface area contributed by atoms with Gasteiger partial charge in [0, 0.05) is 37.6 Å². The lowest BCUT2D eigenvalue weighted by Crippen LogP contribution is -2.36. The van der Waals surface area contributed by atoms with Gasteiger partial charge >= 0.3 is 0 Å². The lowest BCUT2D eigenvalue weighted by Gasteiger charge is -2.28. The van der Waals surface area contributed by atoms with E-state index in [-0.39, 0.29) is 11.8 Å². The standard InChI is InChI=1S/C17H22N4O/c1-11-5-6-15(12(2)7-11)18-17(22)14-10-20(3)8-13-9-21(4)19-16(13)14/h5-7,9,14H,8,10H2,1-4H3,(H,18,22)/t14-/m0/s1. The van der Waals surface area contributed by atoms with Crippen LogP contribution >= 0.6 is 0 Å². The van der Waals surface area contributed by atoms with E-state index in [0.29, 0.717) is 6.54 Å². The Morgan fingerprint density at radius 1 is 1.32 bits per heavy atom. The summed E-state index contributed by atoms with van der Waals surface area (Å²) in [4.78, 5) is 14.9. The van der Waals surface area contributed by atoms with Crippen molar-refractivity contribution in [2.45, 2.75) is 26.3 Å². The van der Waals surface area contributed by atoms with Crippen molar-refractivity contribution in [1.29, 1.82) is 0 Å². The number of carbonyl (C=O) groups excluding carboxylic acids is 1. The van der Waals surface area contributed by atoms with E-state index in [0.717, 1.165) is 29.1 Å². The molecule has 0 bridgehead atoms. The first-order valence-electron chi connectivity index (χ1n) is 7.53. The number of anilines is 1. The molecule has 5 nitrogen and oxygen atoms in total. The normalized spacial score (nSPS) is 18.1. The van der Waals surface area contributed by atoms with Gasteiger partial charge < -0.3 is 10.2 Å². The number of rotatable bonds is 2. The molecule has 1 N–H and O–H groups in total. The van der Waals surface area contributed by atoms with Gasteiger partial charge in [0.15, 0.2) is 0 Å². The van der Waals surface area contributed by atoms with Crippen molar-refractivity contribution in [2.75, 3.05) is 18.9 Å². The minimum atomic E-state index is -0.226. The third-order valence-electron chi connectivity index (χ3n) is 4.16. The molecule has 1 aliphatic heterocycles. The lowest BCUT2D eigenvalue weighted by molar-refractivity contribution is -0.118. The molecule has 0 saturated carbocycles. The summed E-state index contributed by atoms with van der Waals surface area (Å²) in [5.41, 5.74) is 5.19. The third-order valence-corrected chi connectivity index (χ3v) is 4.16. The van der Waals surface area contributed by atoms with Crippen LogP contribution in [-0.2, 0) is 18.4 Å². The molecule has 1 aromatic carbocycles. The molecule has 0 saturated heterocycles. The van der Waals surface area contributed by atoms with E-state index in [2.05, 4.69) is 28.3 Å². The lowest BCUT2D eigenvalue weighted by atomic mass is 9.96. The van der Waals surface area contributed by atoms with Crippen LogP contribution in [0.3, 0.4) is 0 Å². The number of likely N-dealkylation sites (N-methyl/N-ethyl adjacent to an activating group) is 1. The summed E-state index contributed by atoms with van der Waals surface area (Å²) in [5.74, 6) is -0.214. The molecule has 1 atom stereocenters. The number of aromatic nitrogens is 2. The predicted molar refractivity (Wildman–Crippen MR) is 86.8 cm³/mol. The van der Waals surface area contributed by atoms with E-state index in [4.69, 9.17) is 0 Å². The van der Waals surface area contributed by atoms with Gasteiger partial charge in [-0.15, -0.1) is 0 Å². The summed E-state index contributed by atoms with van der Waals surface area (Å²) in [7, 11) is 3.94. The average molecular weight is 298 g/mol. The zero-order chi connectivity index (χ0) is 15.9. The first kappa shape index (κ1) is 14.8. The summed E-state index contributed by atoms with van der Waals surface area (Å²) in [5, 5.41) is 7.56. The van der Waals surface area contributed by atoms with Crippen molar-refractivity contribution < 1.29 is 4.79 Å². The van der Waals surface area contributed by atoms with Gasteiger partial charge in [-0.25, -0.2) is 0 Å². The molecular formula is C17H22N4O. The van der Waals surface area contributed by atoms with Gasteiger partial charge in [0.05, 0.1) is 11.6 Å². The zero-order valence-electron chi connectivity index (χ0n) is 13.6. The fourth-order valence-corrected chi connectivity index (χ4v) is 3.10. The van der Waals surface area contributed by atoms with Crippen LogP contribution in [0, 0.1) is 13.8 Å². The molecule has 0 unspecified atom stereocenters. The van der Waals surface area contributed by atoms with Crippen LogP contribution in [0.25, 0.3) is 0 Å². The van der Waals surface area contributed by atoms with Crippen molar-refractivity contribution in [3.05, 3.63) is 46.8 Å². The maximum absolute atomic E-state index is 12.7. The molecule has 116 valence electrons. The van der Waals surface area contributed by atoms with Crippen LogP contribution < -0.4 is 5.32 Å². The SMILES string of the molecule is Cc1ccc(NC(=O)[C@H]2CN(C)Cc3cn(C)nc32)c(C)c1. The number of carbonyl (C=O) groups is 1. The molecule has 5 heteroatoms. The van der Waals surface area contributed by atoms with Gasteiger partial charge in [0.2, 0.25) is 5.91 Å². The molecule has 0 radical (unpaired) electrons. The smallest absolute Gasteiger partial charge is 0.234 e. The van der Waals surface area contributed by atoms with Gasteiger partial charge in [0.25, 0.3) is 0 Å². The van der Waals surface area contributed by atoms with E-state index in [1.54, 1.807) is 4.68 Å². The van der Waals surface area contributed by atoms with Crippen LogP contribution in [0.1, 0.15) is 28.3 Å². The predicted octanol–water partition coefficient (Wildman–Crippen LogP) is 2.20. The summed E-state index contributed by atoms with van der Waals surface area (Å²) in [6, 6.07) is 6.06. The summed E-state index contributed by atoms with van der Waals surface area (Å²) >= 11 is 0. The Morgan fingerprint density at radius 2 is 2.09 bits per heavy atom. The van der Waals surface area contributed by atoms with E-state index >= 15 is 0 Å². The number of nitrogens with one attached hydrogen (secondary N) is 1. The highest BCUT2D eigenvalue weighted by Gasteiger charge is 2.32. The van der Waals surface area contributed by atoms with Crippen molar-refractivity contribution in [3.63, 3.8) is 0 Å². The van der Waals surface area contributed by atoms with Crippen molar-refractivity contribution in [2.24, 2.45) is 7.05 Å². The first-order valence-corrected chi connectivity index (χ1v) is 7.53. The maximum atomic E-state index is 12.7. The molecule has 3 rings (SSSR count). The van der Waals surface area contributed by atoms with Crippen LogP contribution in [0.15, 0.2) is 24.4 Å². The van der Waals surface area contributed by atoms with Crippen molar-refractivity contribution in [1.82, 2.24) is 14.7 Å². The Hall–Kier alpha value is -2.14. The Morgan fingerprint density at radius 3 is 2.82 bits per heavy atom. The van der Waals surface area contributed by atoms with E-state index < -0.39 is 0 Å². The number of fused-ring (bicyclic) bond motifs is 1. The highest BCUT2D eigenvalue weighted by molar-refractivity contribution is 5.96. The summed E-state index contributed by atoms with van der Waals surface area (Å²) in [6.45, 7) is 5.61.